The van der Waals surface area contributed by atoms with Crippen molar-refractivity contribution in [1.82, 2.24) is 20.6 Å². The zero-order chi connectivity index (χ0) is 22.9. The average molecular weight is 455 g/mol. The lowest BCUT2D eigenvalue weighted by molar-refractivity contribution is -0.118. The van der Waals surface area contributed by atoms with Gasteiger partial charge >= 0.3 is 5.69 Å². The lowest BCUT2D eigenvalue weighted by atomic mass is 10.1. The highest BCUT2D eigenvalue weighted by Gasteiger charge is 2.08. The summed E-state index contributed by atoms with van der Waals surface area (Å²) in [6, 6.07) is 13.3. The zero-order valence-electron chi connectivity index (χ0n) is 17.4. The molecule has 1 aromatic heterocycles. The van der Waals surface area contributed by atoms with E-state index >= 15 is 0 Å². The second-order valence-electron chi connectivity index (χ2n) is 6.58. The lowest BCUT2D eigenvalue weighted by Crippen LogP contribution is -2.26. The number of ether oxygens (including phenoxy) is 2. The molecule has 10 nitrogen and oxygen atoms in total. The molecule has 2 aromatic carbocycles. The summed E-state index contributed by atoms with van der Waals surface area (Å²) in [5.74, 6) is 0.575. The third kappa shape index (κ3) is 6.57. The van der Waals surface area contributed by atoms with Gasteiger partial charge in [0.15, 0.2) is 16.5 Å². The van der Waals surface area contributed by atoms with Crippen molar-refractivity contribution in [2.75, 3.05) is 12.9 Å². The molecule has 0 aliphatic heterocycles. The molecule has 0 bridgehead atoms. The number of amides is 1. The van der Waals surface area contributed by atoms with Gasteiger partial charge in [0.1, 0.15) is 6.61 Å². The minimum atomic E-state index is -0.713. The molecule has 3 aromatic rings. The molecule has 3 rings (SSSR count). The van der Waals surface area contributed by atoms with Crippen LogP contribution in [0.4, 0.5) is 0 Å². The van der Waals surface area contributed by atoms with Crippen molar-refractivity contribution in [3.05, 3.63) is 80.0 Å². The second-order valence-corrected chi connectivity index (χ2v) is 7.54. The molecule has 0 aliphatic carbocycles. The van der Waals surface area contributed by atoms with E-state index in [1.165, 1.54) is 11.8 Å². The van der Waals surface area contributed by atoms with E-state index in [1.807, 2.05) is 36.2 Å². The minimum Gasteiger partial charge on any atom is -0.493 e. The molecule has 1 amide bonds. The van der Waals surface area contributed by atoms with Gasteiger partial charge in [-0.2, -0.15) is 10.2 Å². The van der Waals surface area contributed by atoms with Gasteiger partial charge in [-0.05, 0) is 36.2 Å². The van der Waals surface area contributed by atoms with Gasteiger partial charge in [-0.25, -0.2) is 15.3 Å². The van der Waals surface area contributed by atoms with Crippen LogP contribution in [0.3, 0.4) is 0 Å². The topological polar surface area (TPSA) is 139 Å². The van der Waals surface area contributed by atoms with Crippen molar-refractivity contribution in [2.45, 2.75) is 18.6 Å². The van der Waals surface area contributed by atoms with E-state index < -0.39 is 17.2 Å². The average Bonchev–Trinajstić information content (AvgIpc) is 2.78. The van der Waals surface area contributed by atoms with Crippen LogP contribution >= 0.6 is 11.8 Å². The van der Waals surface area contributed by atoms with Crippen LogP contribution in [-0.4, -0.2) is 40.2 Å². The maximum atomic E-state index is 11.9. The predicted octanol–water partition coefficient (Wildman–Crippen LogP) is 1.60. The molecule has 0 saturated heterocycles. The molecule has 32 heavy (non-hydrogen) atoms. The molecule has 0 saturated carbocycles. The van der Waals surface area contributed by atoms with Crippen molar-refractivity contribution in [2.24, 2.45) is 5.10 Å². The van der Waals surface area contributed by atoms with E-state index in [2.05, 4.69) is 20.7 Å². The predicted molar refractivity (Wildman–Crippen MR) is 120 cm³/mol. The molecular weight excluding hydrogens is 434 g/mol. The third-order valence-corrected chi connectivity index (χ3v) is 5.08. The number of hydrogen-bond donors (Lipinski definition) is 3. The van der Waals surface area contributed by atoms with Crippen LogP contribution in [0.1, 0.15) is 16.7 Å². The first kappa shape index (κ1) is 22.8. The molecule has 3 N–H and O–H groups in total. The number of nitrogens with one attached hydrogen (secondary N) is 3. The fraction of sp³-hybridized carbons (Fsp3) is 0.190. The number of aryl methyl sites for hydroxylation is 1. The summed E-state index contributed by atoms with van der Waals surface area (Å²) in [4.78, 5) is 36.5. The standard InChI is InChI=1S/C21H21N5O5S/c1-13-3-5-14(6-4-13)11-31-17-9-15(7-8-16(17)30-2)10-22-24-18(27)12-32-20-19(28)23-21(29)26-25-20/h3-10H,11-12H2,1-2H3,(H,24,27)(H2,23,26,28,29)/b22-10+. The number of aromatic amines is 2. The molecule has 0 fully saturated rings. The first-order chi connectivity index (χ1) is 15.4. The zero-order valence-corrected chi connectivity index (χ0v) is 18.2. The van der Waals surface area contributed by atoms with Crippen LogP contribution in [0.15, 0.2) is 62.2 Å². The smallest absolute Gasteiger partial charge is 0.342 e. The van der Waals surface area contributed by atoms with Crippen molar-refractivity contribution in [1.29, 1.82) is 0 Å². The summed E-state index contributed by atoms with van der Waals surface area (Å²) in [6.07, 6.45) is 1.46. The number of nitrogens with zero attached hydrogens (tertiary/aromatic N) is 2. The minimum absolute atomic E-state index is 0.0192. The number of thioether (sulfide) groups is 1. The van der Waals surface area contributed by atoms with Gasteiger partial charge in [0.2, 0.25) is 5.91 Å². The van der Waals surface area contributed by atoms with Crippen LogP contribution in [0.2, 0.25) is 0 Å². The Kier molecular flexibility index (Phi) is 7.81. The van der Waals surface area contributed by atoms with Crippen LogP contribution in [0.25, 0.3) is 0 Å². The first-order valence-corrected chi connectivity index (χ1v) is 10.4. The van der Waals surface area contributed by atoms with Gasteiger partial charge in [-0.1, -0.05) is 41.6 Å². The Morgan fingerprint density at radius 3 is 2.69 bits per heavy atom. The number of benzene rings is 2. The number of carbonyl (C=O) groups is 1. The van der Waals surface area contributed by atoms with Gasteiger partial charge in [-0.3, -0.25) is 14.6 Å². The van der Waals surface area contributed by atoms with Crippen LogP contribution in [0.5, 0.6) is 11.5 Å². The highest BCUT2D eigenvalue weighted by molar-refractivity contribution is 7.99. The second kappa shape index (κ2) is 11.0. The van der Waals surface area contributed by atoms with Gasteiger partial charge in [-0.15, -0.1) is 0 Å². The Morgan fingerprint density at radius 2 is 1.97 bits per heavy atom. The molecule has 1 heterocycles. The Balaban J connectivity index is 1.56. The number of rotatable bonds is 9. The molecular formula is C21H21N5O5S. The fourth-order valence-corrected chi connectivity index (χ4v) is 3.14. The highest BCUT2D eigenvalue weighted by atomic mass is 32.2. The van der Waals surface area contributed by atoms with Gasteiger partial charge in [0, 0.05) is 0 Å². The Labute approximate surface area is 187 Å². The summed E-state index contributed by atoms with van der Waals surface area (Å²) in [6.45, 7) is 2.40. The van der Waals surface area contributed by atoms with Crippen LogP contribution in [-0.2, 0) is 11.4 Å². The summed E-state index contributed by atoms with van der Waals surface area (Å²) >= 11 is 0.875. The molecule has 0 spiro atoms. The van der Waals surface area contributed by atoms with Crippen molar-refractivity contribution < 1.29 is 14.3 Å². The molecule has 166 valence electrons. The largest absolute Gasteiger partial charge is 0.493 e. The van der Waals surface area contributed by atoms with E-state index in [1.54, 1.807) is 25.3 Å². The lowest BCUT2D eigenvalue weighted by Gasteiger charge is -2.11. The van der Waals surface area contributed by atoms with Crippen LogP contribution < -0.4 is 26.1 Å². The van der Waals surface area contributed by atoms with Crippen molar-refractivity contribution >= 4 is 23.9 Å². The Bertz CT molecular complexity index is 1220. The number of hydrogen-bond acceptors (Lipinski definition) is 8. The third-order valence-electron chi connectivity index (χ3n) is 4.13. The fourth-order valence-electron chi connectivity index (χ4n) is 2.51. The van der Waals surface area contributed by atoms with E-state index in [4.69, 9.17) is 9.47 Å². The molecule has 0 radical (unpaired) electrons. The maximum Gasteiger partial charge on any atom is 0.342 e. The quantitative estimate of drug-likeness (QED) is 0.253. The first-order valence-electron chi connectivity index (χ1n) is 9.44. The van der Waals surface area contributed by atoms with E-state index in [0.29, 0.717) is 23.7 Å². The summed E-state index contributed by atoms with van der Waals surface area (Å²) < 4.78 is 11.2. The monoisotopic (exact) mass is 455 g/mol. The molecule has 0 atom stereocenters. The molecule has 0 unspecified atom stereocenters. The number of aromatic nitrogens is 3. The van der Waals surface area contributed by atoms with Crippen LogP contribution in [0, 0.1) is 6.92 Å². The van der Waals surface area contributed by atoms with Gasteiger partial charge in [0.25, 0.3) is 5.56 Å². The Morgan fingerprint density at radius 1 is 1.19 bits per heavy atom. The SMILES string of the molecule is COc1ccc(/C=N/NC(=O)CSc2n[nH]c(=O)[nH]c2=O)cc1OCc1ccc(C)cc1. The van der Waals surface area contributed by atoms with Crippen molar-refractivity contribution in [3.63, 3.8) is 0 Å². The highest BCUT2D eigenvalue weighted by Crippen LogP contribution is 2.28. The van der Waals surface area contributed by atoms with E-state index in [-0.39, 0.29) is 10.8 Å². The normalized spacial score (nSPS) is 10.8. The van der Waals surface area contributed by atoms with E-state index in [0.717, 1.165) is 17.3 Å². The summed E-state index contributed by atoms with van der Waals surface area (Å²) in [5, 5.41) is 9.58. The molecule has 11 heteroatoms. The molecule has 0 aliphatic rings. The van der Waals surface area contributed by atoms with Crippen molar-refractivity contribution in [3.8, 4) is 11.5 Å². The Hall–Kier alpha value is -3.86. The van der Waals surface area contributed by atoms with Gasteiger partial charge < -0.3 is 9.47 Å². The number of carbonyl (C=O) groups excluding carboxylic acids is 1. The number of hydrazone groups is 1. The summed E-state index contributed by atoms with van der Waals surface area (Å²) in [5.41, 5.74) is 3.88. The number of H-pyrrole nitrogens is 2. The van der Waals surface area contributed by atoms with E-state index in [9.17, 15) is 14.4 Å². The van der Waals surface area contributed by atoms with Gasteiger partial charge in [0.05, 0.1) is 19.1 Å². The number of methoxy groups -OCH3 is 1. The summed E-state index contributed by atoms with van der Waals surface area (Å²) in [7, 11) is 1.56. The maximum absolute atomic E-state index is 11.9.